The van der Waals surface area contributed by atoms with E-state index in [9.17, 15) is 4.79 Å². The molecule has 26 heavy (non-hydrogen) atoms. The van der Waals surface area contributed by atoms with Gasteiger partial charge in [-0.1, -0.05) is 0 Å². The monoisotopic (exact) mass is 373 g/mol. The number of nitrogens with zero attached hydrogens (tertiary/aromatic N) is 4. The van der Waals surface area contributed by atoms with Crippen molar-refractivity contribution >= 4 is 33.3 Å². The Kier molecular flexibility index (Phi) is 4.31. The zero-order chi connectivity index (χ0) is 18.3. The van der Waals surface area contributed by atoms with Crippen LogP contribution >= 0.6 is 11.3 Å². The molecule has 0 unspecified atom stereocenters. The van der Waals surface area contributed by atoms with Gasteiger partial charge in [0.15, 0.2) is 0 Å². The van der Waals surface area contributed by atoms with Gasteiger partial charge in [-0.15, -0.1) is 21.5 Å². The number of thiophene rings is 1. The van der Waals surface area contributed by atoms with Gasteiger partial charge >= 0.3 is 5.97 Å². The van der Waals surface area contributed by atoms with Crippen molar-refractivity contribution < 1.29 is 13.9 Å². The lowest BCUT2D eigenvalue weighted by atomic mass is 10.2. The Balaban J connectivity index is 1.63. The third-order valence-electron chi connectivity index (χ3n) is 4.18. The molecule has 1 N–H and O–H groups in total. The molecular weight excluding hydrogens is 354 g/mol. The molecule has 3 aromatic heterocycles. The zero-order valence-electron chi connectivity index (χ0n) is 14.8. The van der Waals surface area contributed by atoms with Crippen molar-refractivity contribution in [1.29, 1.82) is 0 Å². The highest BCUT2D eigenvalue weighted by molar-refractivity contribution is 7.20. The number of rotatable bonds is 6. The Bertz CT molecular complexity index is 976. The van der Waals surface area contributed by atoms with E-state index in [1.165, 1.54) is 11.3 Å². The van der Waals surface area contributed by atoms with Crippen LogP contribution in [-0.4, -0.2) is 32.7 Å². The van der Waals surface area contributed by atoms with Gasteiger partial charge in [0.25, 0.3) is 0 Å². The van der Waals surface area contributed by atoms with Gasteiger partial charge in [0.1, 0.15) is 21.3 Å². The van der Waals surface area contributed by atoms with Crippen molar-refractivity contribution in [2.45, 2.75) is 46.1 Å². The standard InChI is InChI=1S/C17H19N5O3S/c1-4-24-17(23)13-8(2)12-14(19-9(3)20-16(12)26-13)18-7-11-21-22-15(25-11)10-5-6-10/h10H,4-7H2,1-3H3,(H,18,19,20). The van der Waals surface area contributed by atoms with Gasteiger partial charge in [-0.25, -0.2) is 14.8 Å². The number of fused-ring (bicyclic) bond motifs is 1. The first-order valence-electron chi connectivity index (χ1n) is 8.57. The predicted octanol–water partition coefficient (Wildman–Crippen LogP) is 3.36. The summed E-state index contributed by atoms with van der Waals surface area (Å²) in [4.78, 5) is 22.4. The summed E-state index contributed by atoms with van der Waals surface area (Å²) >= 11 is 1.32. The van der Waals surface area contributed by atoms with Crippen molar-refractivity contribution in [3.63, 3.8) is 0 Å². The number of anilines is 1. The zero-order valence-corrected chi connectivity index (χ0v) is 15.6. The molecule has 4 rings (SSSR count). The molecule has 0 bridgehead atoms. The van der Waals surface area contributed by atoms with Crippen LogP contribution in [-0.2, 0) is 11.3 Å². The Hall–Kier alpha value is -2.55. The molecule has 1 aliphatic rings. The van der Waals surface area contributed by atoms with E-state index in [0.717, 1.165) is 28.6 Å². The lowest BCUT2D eigenvalue weighted by Crippen LogP contribution is -2.05. The number of aryl methyl sites for hydroxylation is 2. The topological polar surface area (TPSA) is 103 Å². The van der Waals surface area contributed by atoms with Crippen LogP contribution in [0.1, 0.15) is 58.5 Å². The molecule has 0 saturated heterocycles. The fraction of sp³-hybridized carbons (Fsp3) is 0.471. The second-order valence-corrected chi connectivity index (χ2v) is 7.24. The van der Waals surface area contributed by atoms with Crippen LogP contribution in [0.3, 0.4) is 0 Å². The van der Waals surface area contributed by atoms with Crippen molar-refractivity contribution in [2.24, 2.45) is 0 Å². The number of ether oxygens (including phenoxy) is 1. The van der Waals surface area contributed by atoms with E-state index in [1.54, 1.807) is 6.92 Å². The summed E-state index contributed by atoms with van der Waals surface area (Å²) in [6, 6.07) is 0. The minimum atomic E-state index is -0.331. The van der Waals surface area contributed by atoms with Crippen LogP contribution in [0.4, 0.5) is 5.82 Å². The fourth-order valence-corrected chi connectivity index (χ4v) is 3.88. The van der Waals surface area contributed by atoms with Crippen molar-refractivity contribution in [1.82, 2.24) is 20.2 Å². The quantitative estimate of drug-likeness (QED) is 0.656. The van der Waals surface area contributed by atoms with Gasteiger partial charge < -0.3 is 14.5 Å². The summed E-state index contributed by atoms with van der Waals surface area (Å²) in [6.45, 7) is 6.20. The normalized spacial score (nSPS) is 14.0. The molecule has 0 radical (unpaired) electrons. The van der Waals surface area contributed by atoms with Crippen LogP contribution in [0.15, 0.2) is 4.42 Å². The molecule has 3 aromatic rings. The molecule has 9 heteroatoms. The Labute approximate surface area is 154 Å². The van der Waals surface area contributed by atoms with E-state index < -0.39 is 0 Å². The molecule has 3 heterocycles. The summed E-state index contributed by atoms with van der Waals surface area (Å²) in [7, 11) is 0. The first-order chi connectivity index (χ1) is 12.6. The molecule has 0 spiro atoms. The number of carbonyl (C=O) groups is 1. The van der Waals surface area contributed by atoms with Gasteiger partial charge in [-0.2, -0.15) is 0 Å². The molecule has 1 saturated carbocycles. The smallest absolute Gasteiger partial charge is 0.348 e. The molecule has 8 nitrogen and oxygen atoms in total. The maximum Gasteiger partial charge on any atom is 0.348 e. The van der Waals surface area contributed by atoms with Gasteiger partial charge in [-0.3, -0.25) is 0 Å². The van der Waals surface area contributed by atoms with Gasteiger partial charge in [0, 0.05) is 5.92 Å². The van der Waals surface area contributed by atoms with E-state index in [-0.39, 0.29) is 5.97 Å². The second kappa shape index (κ2) is 6.64. The van der Waals surface area contributed by atoms with E-state index in [1.807, 2.05) is 13.8 Å². The van der Waals surface area contributed by atoms with E-state index >= 15 is 0 Å². The summed E-state index contributed by atoms with van der Waals surface area (Å²) in [5.41, 5.74) is 0.815. The van der Waals surface area contributed by atoms with Crippen LogP contribution in [0.25, 0.3) is 10.2 Å². The molecule has 0 aliphatic heterocycles. The second-order valence-electron chi connectivity index (χ2n) is 6.24. The maximum atomic E-state index is 12.2. The van der Waals surface area contributed by atoms with Crippen LogP contribution in [0.5, 0.6) is 0 Å². The summed E-state index contributed by atoms with van der Waals surface area (Å²) in [5.74, 6) is 2.61. The Morgan fingerprint density at radius 1 is 1.31 bits per heavy atom. The third kappa shape index (κ3) is 3.14. The first kappa shape index (κ1) is 16.9. The largest absolute Gasteiger partial charge is 0.462 e. The fourth-order valence-electron chi connectivity index (χ4n) is 2.76. The molecule has 1 aliphatic carbocycles. The highest BCUT2D eigenvalue weighted by Crippen LogP contribution is 2.39. The van der Waals surface area contributed by atoms with Gasteiger partial charge in [0.05, 0.1) is 18.5 Å². The highest BCUT2D eigenvalue weighted by atomic mass is 32.1. The maximum absolute atomic E-state index is 12.2. The number of hydrogen-bond donors (Lipinski definition) is 1. The summed E-state index contributed by atoms with van der Waals surface area (Å²) < 4.78 is 10.8. The minimum Gasteiger partial charge on any atom is -0.462 e. The molecule has 0 atom stereocenters. The lowest BCUT2D eigenvalue weighted by Gasteiger charge is -2.06. The number of aromatic nitrogens is 4. The number of carbonyl (C=O) groups excluding carboxylic acids is 1. The molecule has 136 valence electrons. The first-order valence-corrected chi connectivity index (χ1v) is 9.39. The molecule has 0 amide bonds. The minimum absolute atomic E-state index is 0.331. The Morgan fingerprint density at radius 3 is 2.85 bits per heavy atom. The number of esters is 1. The number of nitrogens with one attached hydrogen (secondary N) is 1. The van der Waals surface area contributed by atoms with Crippen LogP contribution in [0, 0.1) is 13.8 Å². The third-order valence-corrected chi connectivity index (χ3v) is 5.34. The van der Waals surface area contributed by atoms with E-state index in [0.29, 0.717) is 47.4 Å². The average Bonchev–Trinajstić information content (AvgIpc) is 3.26. The SMILES string of the molecule is CCOC(=O)c1sc2nc(C)nc(NCc3nnc(C4CC4)o3)c2c1C. The molecule has 1 fully saturated rings. The highest BCUT2D eigenvalue weighted by Gasteiger charge is 2.29. The summed E-state index contributed by atoms with van der Waals surface area (Å²) in [5, 5.41) is 12.2. The van der Waals surface area contributed by atoms with Crippen molar-refractivity contribution in [3.8, 4) is 0 Å². The van der Waals surface area contributed by atoms with Crippen LogP contribution in [0.2, 0.25) is 0 Å². The average molecular weight is 373 g/mol. The number of hydrogen-bond acceptors (Lipinski definition) is 9. The predicted molar refractivity (Wildman–Crippen MR) is 96.4 cm³/mol. The van der Waals surface area contributed by atoms with Crippen molar-refractivity contribution in [2.75, 3.05) is 11.9 Å². The van der Waals surface area contributed by atoms with Gasteiger partial charge in [-0.05, 0) is 39.2 Å². The van der Waals surface area contributed by atoms with Crippen molar-refractivity contribution in [3.05, 3.63) is 28.0 Å². The van der Waals surface area contributed by atoms with E-state index in [2.05, 4.69) is 25.5 Å². The molecule has 0 aromatic carbocycles. The lowest BCUT2D eigenvalue weighted by molar-refractivity contribution is 0.0531. The summed E-state index contributed by atoms with van der Waals surface area (Å²) in [6.07, 6.45) is 2.23. The molecular formula is C17H19N5O3S. The Morgan fingerprint density at radius 2 is 2.12 bits per heavy atom. The van der Waals surface area contributed by atoms with E-state index in [4.69, 9.17) is 9.15 Å². The van der Waals surface area contributed by atoms with Gasteiger partial charge in [0.2, 0.25) is 11.8 Å². The van der Waals surface area contributed by atoms with Crippen LogP contribution < -0.4 is 5.32 Å².